The second kappa shape index (κ2) is 5.62. The molecule has 1 fully saturated rings. The number of hydrogen-bond acceptors (Lipinski definition) is 4. The predicted octanol–water partition coefficient (Wildman–Crippen LogP) is 1.14. The molecule has 1 amide bonds. The van der Waals surface area contributed by atoms with E-state index in [0.29, 0.717) is 19.4 Å². The molecule has 0 saturated carbocycles. The number of rotatable bonds is 3. The summed E-state index contributed by atoms with van der Waals surface area (Å²) in [7, 11) is 1.35. The molecule has 1 unspecified atom stereocenters. The number of carbonyl (C=O) groups is 2. The first kappa shape index (κ1) is 12.5. The Morgan fingerprint density at radius 2 is 2.22 bits per heavy atom. The highest BCUT2D eigenvalue weighted by molar-refractivity contribution is 5.85. The Morgan fingerprint density at radius 3 is 2.89 bits per heavy atom. The van der Waals surface area contributed by atoms with Crippen LogP contribution >= 0.6 is 0 Å². The summed E-state index contributed by atoms with van der Waals surface area (Å²) in [6.45, 7) is 0.432. The first-order valence-corrected chi connectivity index (χ1v) is 5.98. The van der Waals surface area contributed by atoms with Crippen molar-refractivity contribution in [2.75, 3.05) is 7.11 Å². The number of aromatic nitrogens is 1. The van der Waals surface area contributed by atoms with Gasteiger partial charge in [-0.1, -0.05) is 0 Å². The van der Waals surface area contributed by atoms with Gasteiger partial charge in [-0.25, -0.2) is 4.79 Å². The molecule has 0 N–H and O–H groups in total. The topological polar surface area (TPSA) is 59.5 Å². The fourth-order valence-corrected chi connectivity index (χ4v) is 2.18. The number of esters is 1. The smallest absolute Gasteiger partial charge is 0.328 e. The van der Waals surface area contributed by atoms with Gasteiger partial charge in [0, 0.05) is 25.4 Å². The Labute approximate surface area is 106 Å². The fraction of sp³-hybridized carbons (Fsp3) is 0.462. The Hall–Kier alpha value is -1.91. The summed E-state index contributed by atoms with van der Waals surface area (Å²) < 4.78 is 4.76. The molecule has 2 heterocycles. The zero-order valence-corrected chi connectivity index (χ0v) is 10.3. The van der Waals surface area contributed by atoms with E-state index in [-0.39, 0.29) is 11.9 Å². The van der Waals surface area contributed by atoms with E-state index in [1.54, 1.807) is 17.3 Å². The molecule has 1 aliphatic rings. The maximum absolute atomic E-state index is 11.9. The van der Waals surface area contributed by atoms with E-state index in [1.165, 1.54) is 7.11 Å². The Kier molecular flexibility index (Phi) is 3.92. The highest BCUT2D eigenvalue weighted by Crippen LogP contribution is 2.21. The number of methoxy groups -OCH3 is 1. The highest BCUT2D eigenvalue weighted by atomic mass is 16.5. The second-order valence-electron chi connectivity index (χ2n) is 4.31. The first-order valence-electron chi connectivity index (χ1n) is 5.98. The van der Waals surface area contributed by atoms with Crippen molar-refractivity contribution in [1.29, 1.82) is 0 Å². The Balaban J connectivity index is 2.15. The molecule has 2 rings (SSSR count). The first-order chi connectivity index (χ1) is 8.72. The summed E-state index contributed by atoms with van der Waals surface area (Å²) in [4.78, 5) is 29.2. The molecule has 0 aromatic carbocycles. The molecule has 1 aliphatic heterocycles. The molecule has 0 bridgehead atoms. The van der Waals surface area contributed by atoms with Gasteiger partial charge in [0.1, 0.15) is 6.04 Å². The van der Waals surface area contributed by atoms with Crippen LogP contribution in [0.3, 0.4) is 0 Å². The number of likely N-dealkylation sites (tertiary alicyclic amines) is 1. The van der Waals surface area contributed by atoms with Crippen molar-refractivity contribution in [3.05, 3.63) is 30.1 Å². The summed E-state index contributed by atoms with van der Waals surface area (Å²) in [5.41, 5.74) is 0.967. The van der Waals surface area contributed by atoms with Crippen molar-refractivity contribution >= 4 is 11.9 Å². The summed E-state index contributed by atoms with van der Waals surface area (Å²) in [5.74, 6) is -0.328. The Morgan fingerprint density at radius 1 is 1.50 bits per heavy atom. The van der Waals surface area contributed by atoms with E-state index in [4.69, 9.17) is 4.74 Å². The lowest BCUT2D eigenvalue weighted by Crippen LogP contribution is -2.47. The highest BCUT2D eigenvalue weighted by Gasteiger charge is 2.33. The van der Waals surface area contributed by atoms with Gasteiger partial charge < -0.3 is 9.64 Å². The number of ether oxygens (including phenoxy) is 1. The standard InChI is InChI=1S/C13H16N2O3/c1-18-13(17)11-3-2-4-12(16)15(11)9-10-5-7-14-8-6-10/h5-8,11H,2-4,9H2,1H3. The zero-order valence-electron chi connectivity index (χ0n) is 10.3. The summed E-state index contributed by atoms with van der Waals surface area (Å²) in [5, 5.41) is 0. The third-order valence-electron chi connectivity index (χ3n) is 3.14. The van der Waals surface area contributed by atoms with Crippen molar-refractivity contribution in [3.63, 3.8) is 0 Å². The van der Waals surface area contributed by atoms with Crippen LogP contribution in [0.2, 0.25) is 0 Å². The molecule has 5 nitrogen and oxygen atoms in total. The average molecular weight is 248 g/mol. The van der Waals surface area contributed by atoms with Gasteiger partial charge in [-0.3, -0.25) is 9.78 Å². The van der Waals surface area contributed by atoms with E-state index in [1.807, 2.05) is 12.1 Å². The van der Waals surface area contributed by atoms with Crippen LogP contribution in [0.15, 0.2) is 24.5 Å². The molecule has 1 aromatic heterocycles. The molecule has 0 aliphatic carbocycles. The van der Waals surface area contributed by atoms with Gasteiger partial charge in [0.2, 0.25) is 5.91 Å². The van der Waals surface area contributed by atoms with E-state index >= 15 is 0 Å². The van der Waals surface area contributed by atoms with Crippen molar-refractivity contribution in [2.24, 2.45) is 0 Å². The number of carbonyl (C=O) groups excluding carboxylic acids is 2. The lowest BCUT2D eigenvalue weighted by Gasteiger charge is -2.33. The lowest BCUT2D eigenvalue weighted by atomic mass is 10.0. The maximum Gasteiger partial charge on any atom is 0.328 e. The molecule has 5 heteroatoms. The molecule has 1 aromatic rings. The van der Waals surface area contributed by atoms with Crippen LogP contribution < -0.4 is 0 Å². The van der Waals surface area contributed by atoms with Crippen LogP contribution in [0.4, 0.5) is 0 Å². The summed E-state index contributed by atoms with van der Waals surface area (Å²) in [6, 6.07) is 3.23. The van der Waals surface area contributed by atoms with E-state index < -0.39 is 6.04 Å². The number of amides is 1. The molecule has 0 radical (unpaired) electrons. The van der Waals surface area contributed by atoms with Crippen LogP contribution in [0, 0.1) is 0 Å². The SMILES string of the molecule is COC(=O)C1CCCC(=O)N1Cc1ccncc1. The van der Waals surface area contributed by atoms with Crippen molar-refractivity contribution in [1.82, 2.24) is 9.88 Å². The summed E-state index contributed by atoms with van der Waals surface area (Å²) in [6.07, 6.45) is 5.27. The molecule has 1 saturated heterocycles. The molecule has 18 heavy (non-hydrogen) atoms. The van der Waals surface area contributed by atoms with Crippen LogP contribution in [0.1, 0.15) is 24.8 Å². The van der Waals surface area contributed by atoms with Crippen molar-refractivity contribution < 1.29 is 14.3 Å². The average Bonchev–Trinajstić information content (AvgIpc) is 2.41. The monoisotopic (exact) mass is 248 g/mol. The van der Waals surface area contributed by atoms with Gasteiger partial charge in [-0.15, -0.1) is 0 Å². The number of piperidine rings is 1. The van der Waals surface area contributed by atoms with Gasteiger partial charge in [-0.05, 0) is 30.5 Å². The molecule has 96 valence electrons. The predicted molar refractivity (Wildman–Crippen MR) is 64.4 cm³/mol. The number of hydrogen-bond donors (Lipinski definition) is 0. The molecule has 0 spiro atoms. The van der Waals surface area contributed by atoms with Crippen molar-refractivity contribution in [3.8, 4) is 0 Å². The van der Waals surface area contributed by atoms with Gasteiger partial charge in [0.05, 0.1) is 7.11 Å². The van der Waals surface area contributed by atoms with Crippen LogP contribution in [0.5, 0.6) is 0 Å². The molecule has 1 atom stereocenters. The quantitative estimate of drug-likeness (QED) is 0.752. The Bertz CT molecular complexity index is 433. The number of pyridine rings is 1. The van der Waals surface area contributed by atoms with Gasteiger partial charge in [0.25, 0.3) is 0 Å². The van der Waals surface area contributed by atoms with Crippen LogP contribution in [-0.4, -0.2) is 34.9 Å². The third kappa shape index (κ3) is 2.67. The minimum Gasteiger partial charge on any atom is -0.467 e. The van der Waals surface area contributed by atoms with E-state index in [2.05, 4.69) is 4.98 Å². The summed E-state index contributed by atoms with van der Waals surface area (Å²) >= 11 is 0. The van der Waals surface area contributed by atoms with Crippen LogP contribution in [0.25, 0.3) is 0 Å². The van der Waals surface area contributed by atoms with Gasteiger partial charge in [0.15, 0.2) is 0 Å². The maximum atomic E-state index is 11.9. The molecular weight excluding hydrogens is 232 g/mol. The number of nitrogens with zero attached hydrogens (tertiary/aromatic N) is 2. The van der Waals surface area contributed by atoms with E-state index in [9.17, 15) is 9.59 Å². The lowest BCUT2D eigenvalue weighted by molar-refractivity contribution is -0.156. The van der Waals surface area contributed by atoms with Crippen LogP contribution in [-0.2, 0) is 20.9 Å². The normalized spacial score (nSPS) is 19.7. The third-order valence-corrected chi connectivity index (χ3v) is 3.14. The zero-order chi connectivity index (χ0) is 13.0. The second-order valence-corrected chi connectivity index (χ2v) is 4.31. The van der Waals surface area contributed by atoms with E-state index in [0.717, 1.165) is 12.0 Å². The molecular formula is C13H16N2O3. The fourth-order valence-electron chi connectivity index (χ4n) is 2.18. The van der Waals surface area contributed by atoms with Gasteiger partial charge in [-0.2, -0.15) is 0 Å². The minimum atomic E-state index is -0.454. The van der Waals surface area contributed by atoms with Crippen molar-refractivity contribution in [2.45, 2.75) is 31.8 Å². The largest absolute Gasteiger partial charge is 0.467 e. The minimum absolute atomic E-state index is 0.00784. The van der Waals surface area contributed by atoms with Gasteiger partial charge >= 0.3 is 5.97 Å².